The molecule has 0 aliphatic carbocycles. The van der Waals surface area contributed by atoms with E-state index in [1.807, 2.05) is 61.5 Å². The average Bonchev–Trinajstić information content (AvgIpc) is 3.35. The van der Waals surface area contributed by atoms with Gasteiger partial charge in [-0.2, -0.15) is 0 Å². The Balaban J connectivity index is 1.63. The molecular formula is C36H37Cl2N3O5S. The maximum absolute atomic E-state index is 14.2. The zero-order chi connectivity index (χ0) is 33.7. The molecule has 0 saturated heterocycles. The number of aromatic nitrogens is 1. The second kappa shape index (κ2) is 15.2. The highest BCUT2D eigenvalue weighted by atomic mass is 35.5. The Morgan fingerprint density at radius 1 is 0.979 bits per heavy atom. The number of hydrogen-bond donors (Lipinski definition) is 0. The summed E-state index contributed by atoms with van der Waals surface area (Å²) in [6.07, 6.45) is 1.81. The van der Waals surface area contributed by atoms with Crippen LogP contribution < -0.4 is 29.3 Å². The van der Waals surface area contributed by atoms with E-state index in [1.165, 1.54) is 11.3 Å². The lowest BCUT2D eigenvalue weighted by Crippen LogP contribution is -2.39. The van der Waals surface area contributed by atoms with Crippen molar-refractivity contribution in [1.82, 2.24) is 4.57 Å². The van der Waals surface area contributed by atoms with E-state index in [0.29, 0.717) is 48.8 Å². The van der Waals surface area contributed by atoms with Crippen LogP contribution in [0.5, 0.6) is 11.5 Å². The monoisotopic (exact) mass is 693 g/mol. The number of allylic oxidation sites excluding steroid dienone is 1. The third kappa shape index (κ3) is 7.43. The molecule has 5 rings (SSSR count). The quantitative estimate of drug-likeness (QED) is 0.150. The third-order valence-corrected chi connectivity index (χ3v) is 9.40. The molecule has 0 fully saturated rings. The number of esters is 1. The summed E-state index contributed by atoms with van der Waals surface area (Å²) in [5.74, 6) is 0.783. The normalized spacial score (nSPS) is 14.4. The number of rotatable bonds is 12. The number of anilines is 1. The van der Waals surface area contributed by atoms with E-state index >= 15 is 0 Å². The number of halogens is 2. The molecule has 1 atom stereocenters. The number of thiazole rings is 1. The first-order chi connectivity index (χ1) is 22.7. The molecule has 0 unspecified atom stereocenters. The van der Waals surface area contributed by atoms with Crippen LogP contribution in [0.1, 0.15) is 57.4 Å². The first-order valence-electron chi connectivity index (χ1n) is 15.6. The van der Waals surface area contributed by atoms with E-state index in [0.717, 1.165) is 35.5 Å². The molecule has 0 radical (unpaired) electrons. The van der Waals surface area contributed by atoms with E-state index in [4.69, 9.17) is 42.4 Å². The fourth-order valence-electron chi connectivity index (χ4n) is 5.51. The average molecular weight is 695 g/mol. The standard InChI is InChI=1S/C36H37Cl2N3O5S/c1-6-40(7-2)27-15-11-24(30(20-27)46-21-25-10-14-26(37)19-29(25)38)18-31-34(42)41-33(23-12-16-28(17-13-23)44-8-3)32(35(43)45-9-4)22(5)39-36(41)47-31/h10-20,33H,6-9,21H2,1-5H3/b31-18-/t33-/m1/s1. The Kier molecular flexibility index (Phi) is 11.1. The smallest absolute Gasteiger partial charge is 0.338 e. The van der Waals surface area contributed by atoms with Crippen molar-refractivity contribution in [3.05, 3.63) is 118 Å². The SMILES string of the molecule is CCOC(=O)C1=C(C)N=c2s/c(=C\c3ccc(N(CC)CC)cc3OCc3ccc(Cl)cc3Cl)c(=O)n2[C@@H]1c1ccc(OCC)cc1. The minimum absolute atomic E-state index is 0.198. The number of hydrogen-bond acceptors (Lipinski definition) is 8. The summed E-state index contributed by atoms with van der Waals surface area (Å²) in [5.41, 5.74) is 3.79. The Morgan fingerprint density at radius 2 is 1.72 bits per heavy atom. The van der Waals surface area contributed by atoms with Gasteiger partial charge in [-0.3, -0.25) is 9.36 Å². The predicted octanol–water partition coefficient (Wildman–Crippen LogP) is 6.93. The van der Waals surface area contributed by atoms with Crippen molar-refractivity contribution in [1.29, 1.82) is 0 Å². The Bertz CT molecular complexity index is 1980. The van der Waals surface area contributed by atoms with Crippen molar-refractivity contribution >= 4 is 52.3 Å². The lowest BCUT2D eigenvalue weighted by molar-refractivity contribution is -0.139. The van der Waals surface area contributed by atoms with E-state index in [-0.39, 0.29) is 18.8 Å². The van der Waals surface area contributed by atoms with Crippen LogP contribution in [0, 0.1) is 0 Å². The first-order valence-corrected chi connectivity index (χ1v) is 17.1. The Labute approximate surface area is 288 Å². The van der Waals surface area contributed by atoms with Gasteiger partial charge in [-0.05, 0) is 82.7 Å². The molecule has 1 aliphatic heterocycles. The van der Waals surface area contributed by atoms with Crippen molar-refractivity contribution in [2.75, 3.05) is 31.2 Å². The number of ether oxygens (including phenoxy) is 3. The van der Waals surface area contributed by atoms with Gasteiger partial charge in [0.05, 0.1) is 35.1 Å². The lowest BCUT2D eigenvalue weighted by atomic mass is 9.96. The van der Waals surface area contributed by atoms with E-state index in [2.05, 4.69) is 18.7 Å². The van der Waals surface area contributed by atoms with Crippen LogP contribution in [-0.4, -0.2) is 36.8 Å². The minimum atomic E-state index is -0.726. The molecule has 246 valence electrons. The van der Waals surface area contributed by atoms with Gasteiger partial charge in [0.2, 0.25) is 0 Å². The molecule has 1 aliphatic rings. The number of carbonyl (C=O) groups is 1. The van der Waals surface area contributed by atoms with Crippen LogP contribution in [0.2, 0.25) is 10.0 Å². The number of nitrogens with zero attached hydrogens (tertiary/aromatic N) is 3. The molecule has 0 spiro atoms. The van der Waals surface area contributed by atoms with Gasteiger partial charge >= 0.3 is 5.97 Å². The summed E-state index contributed by atoms with van der Waals surface area (Å²) in [6, 6.07) is 17.9. The molecule has 3 aromatic carbocycles. The van der Waals surface area contributed by atoms with Crippen LogP contribution in [0.3, 0.4) is 0 Å². The molecule has 0 amide bonds. The van der Waals surface area contributed by atoms with E-state index in [1.54, 1.807) is 30.5 Å². The molecule has 8 nitrogen and oxygen atoms in total. The van der Waals surface area contributed by atoms with Gasteiger partial charge in [0.1, 0.15) is 18.1 Å². The summed E-state index contributed by atoms with van der Waals surface area (Å²) < 4.78 is 19.4. The fraction of sp³-hybridized carbons (Fsp3) is 0.306. The summed E-state index contributed by atoms with van der Waals surface area (Å²) in [6.45, 7) is 12.2. The predicted molar refractivity (Wildman–Crippen MR) is 189 cm³/mol. The van der Waals surface area contributed by atoms with Gasteiger partial charge in [-0.25, -0.2) is 9.79 Å². The number of benzene rings is 3. The molecular weight excluding hydrogens is 657 g/mol. The Morgan fingerprint density at radius 3 is 2.38 bits per heavy atom. The van der Waals surface area contributed by atoms with Crippen LogP contribution in [0.25, 0.3) is 6.08 Å². The highest BCUT2D eigenvalue weighted by molar-refractivity contribution is 7.07. The molecule has 4 aromatic rings. The van der Waals surface area contributed by atoms with Gasteiger partial charge in [-0.15, -0.1) is 0 Å². The van der Waals surface area contributed by atoms with Gasteiger partial charge < -0.3 is 19.1 Å². The Hall–Kier alpha value is -4.05. The van der Waals surface area contributed by atoms with Crippen LogP contribution in [0.4, 0.5) is 5.69 Å². The summed E-state index contributed by atoms with van der Waals surface area (Å²) in [5, 5.41) is 1.05. The van der Waals surface area contributed by atoms with Crippen LogP contribution >= 0.6 is 34.5 Å². The summed E-state index contributed by atoms with van der Waals surface area (Å²) in [4.78, 5) is 34.9. The molecule has 11 heteroatoms. The maximum Gasteiger partial charge on any atom is 0.338 e. The molecule has 0 saturated carbocycles. The highest BCUT2D eigenvalue weighted by Crippen LogP contribution is 2.32. The molecule has 1 aromatic heterocycles. The van der Waals surface area contributed by atoms with E-state index in [9.17, 15) is 9.59 Å². The number of fused-ring (bicyclic) bond motifs is 1. The topological polar surface area (TPSA) is 82.4 Å². The largest absolute Gasteiger partial charge is 0.494 e. The molecule has 0 bridgehead atoms. The lowest BCUT2D eigenvalue weighted by Gasteiger charge is -2.24. The van der Waals surface area contributed by atoms with Crippen molar-refractivity contribution in [2.24, 2.45) is 4.99 Å². The second-order valence-corrected chi connectivity index (χ2v) is 12.6. The third-order valence-electron chi connectivity index (χ3n) is 7.83. The van der Waals surface area contributed by atoms with Gasteiger partial charge in [0.25, 0.3) is 5.56 Å². The summed E-state index contributed by atoms with van der Waals surface area (Å²) in [7, 11) is 0. The molecule has 2 heterocycles. The summed E-state index contributed by atoms with van der Waals surface area (Å²) >= 11 is 13.8. The maximum atomic E-state index is 14.2. The van der Waals surface area contributed by atoms with Crippen molar-refractivity contribution in [3.63, 3.8) is 0 Å². The first kappa shape index (κ1) is 34.3. The van der Waals surface area contributed by atoms with Gasteiger partial charge in [0.15, 0.2) is 4.80 Å². The van der Waals surface area contributed by atoms with E-state index < -0.39 is 12.0 Å². The zero-order valence-electron chi connectivity index (χ0n) is 27.0. The van der Waals surface area contributed by atoms with Crippen molar-refractivity contribution in [3.8, 4) is 11.5 Å². The zero-order valence-corrected chi connectivity index (χ0v) is 29.3. The number of carbonyl (C=O) groups excluding carboxylic acids is 1. The van der Waals surface area contributed by atoms with Gasteiger partial charge in [-0.1, -0.05) is 52.7 Å². The van der Waals surface area contributed by atoms with Crippen molar-refractivity contribution < 1.29 is 19.0 Å². The van der Waals surface area contributed by atoms with Crippen LogP contribution in [-0.2, 0) is 16.1 Å². The fourth-order valence-corrected chi connectivity index (χ4v) is 7.01. The minimum Gasteiger partial charge on any atom is -0.494 e. The van der Waals surface area contributed by atoms with Gasteiger partial charge in [0, 0.05) is 46.0 Å². The highest BCUT2D eigenvalue weighted by Gasteiger charge is 2.33. The molecule has 0 N–H and O–H groups in total. The van der Waals surface area contributed by atoms with Crippen LogP contribution in [0.15, 0.2) is 81.7 Å². The molecule has 47 heavy (non-hydrogen) atoms. The second-order valence-electron chi connectivity index (χ2n) is 10.7. The van der Waals surface area contributed by atoms with Crippen molar-refractivity contribution in [2.45, 2.75) is 47.3 Å².